The normalized spacial score (nSPS) is 11.9. The molecule has 0 bridgehead atoms. The molecule has 1 aromatic carbocycles. The number of hydrogen-bond donors (Lipinski definition) is 1. The molecule has 0 amide bonds. The monoisotopic (exact) mass is 326 g/mol. The van der Waals surface area contributed by atoms with Crippen molar-refractivity contribution in [3.05, 3.63) is 50.2 Å². The quantitative estimate of drug-likeness (QED) is 0.879. The second-order valence-corrected chi connectivity index (χ2v) is 7.71. The minimum Gasteiger partial charge on any atom is -0.307 e. The van der Waals surface area contributed by atoms with Crippen LogP contribution in [0.3, 0.4) is 0 Å². The Hall–Kier alpha value is -0.970. The lowest BCUT2D eigenvalue weighted by atomic mass is 10.1. The molecule has 2 aromatic rings. The van der Waals surface area contributed by atoms with Gasteiger partial charge >= 0.3 is 0 Å². The van der Waals surface area contributed by atoms with Crippen LogP contribution in [0.15, 0.2) is 18.2 Å². The van der Waals surface area contributed by atoms with Crippen molar-refractivity contribution < 1.29 is 4.39 Å². The van der Waals surface area contributed by atoms with Crippen LogP contribution in [0, 0.1) is 12.7 Å². The van der Waals surface area contributed by atoms with Crippen molar-refractivity contribution in [2.75, 3.05) is 0 Å². The zero-order valence-electron chi connectivity index (χ0n) is 12.8. The van der Waals surface area contributed by atoms with E-state index in [9.17, 15) is 4.39 Å². The first kappa shape index (κ1) is 16.4. The van der Waals surface area contributed by atoms with Crippen molar-refractivity contribution in [2.24, 2.45) is 0 Å². The predicted octanol–water partition coefficient (Wildman–Crippen LogP) is 4.72. The van der Waals surface area contributed by atoms with E-state index < -0.39 is 0 Å². The molecule has 0 aliphatic heterocycles. The molecule has 0 saturated carbocycles. The van der Waals surface area contributed by atoms with Crippen LogP contribution in [-0.4, -0.2) is 10.5 Å². The summed E-state index contributed by atoms with van der Waals surface area (Å²) in [6.45, 7) is 9.25. The van der Waals surface area contributed by atoms with Crippen LogP contribution in [0.4, 0.5) is 4.39 Å². The standard InChI is InChI=1S/C16H20ClFN2S/c1-10-14(9-19-16(2,3)4)21-15(20-10)7-11-5-6-12(18)8-13(11)17/h5-6,8,19H,7,9H2,1-4H3. The van der Waals surface area contributed by atoms with Crippen molar-refractivity contribution >= 4 is 22.9 Å². The Morgan fingerprint density at radius 3 is 2.67 bits per heavy atom. The molecule has 0 spiro atoms. The zero-order valence-corrected chi connectivity index (χ0v) is 14.3. The molecule has 0 aliphatic carbocycles. The number of benzene rings is 1. The van der Waals surface area contributed by atoms with Crippen molar-refractivity contribution in [2.45, 2.75) is 46.2 Å². The number of nitrogens with zero attached hydrogens (tertiary/aromatic N) is 1. The van der Waals surface area contributed by atoms with Crippen LogP contribution in [0.25, 0.3) is 0 Å². The Morgan fingerprint density at radius 2 is 2.05 bits per heavy atom. The molecule has 2 nitrogen and oxygen atoms in total. The molecular formula is C16H20ClFN2S. The first-order valence-corrected chi connectivity index (χ1v) is 8.08. The van der Waals surface area contributed by atoms with Crippen LogP contribution in [0.5, 0.6) is 0 Å². The number of halogens is 2. The van der Waals surface area contributed by atoms with Gasteiger partial charge < -0.3 is 5.32 Å². The minimum absolute atomic E-state index is 0.0802. The number of rotatable bonds is 4. The van der Waals surface area contributed by atoms with Crippen LogP contribution in [0.2, 0.25) is 5.02 Å². The van der Waals surface area contributed by atoms with E-state index in [1.54, 1.807) is 17.4 Å². The van der Waals surface area contributed by atoms with Crippen LogP contribution in [-0.2, 0) is 13.0 Å². The summed E-state index contributed by atoms with van der Waals surface area (Å²) < 4.78 is 13.1. The highest BCUT2D eigenvalue weighted by Gasteiger charge is 2.13. The van der Waals surface area contributed by atoms with E-state index in [4.69, 9.17) is 11.6 Å². The van der Waals surface area contributed by atoms with E-state index >= 15 is 0 Å². The topological polar surface area (TPSA) is 24.9 Å². The molecule has 0 fully saturated rings. The highest BCUT2D eigenvalue weighted by atomic mass is 35.5. The number of hydrogen-bond acceptors (Lipinski definition) is 3. The molecule has 1 N–H and O–H groups in total. The maximum atomic E-state index is 13.1. The average molecular weight is 327 g/mol. The summed E-state index contributed by atoms with van der Waals surface area (Å²) in [4.78, 5) is 5.83. The van der Waals surface area contributed by atoms with Crippen LogP contribution >= 0.6 is 22.9 Å². The van der Waals surface area contributed by atoms with E-state index in [1.165, 1.54) is 17.0 Å². The Labute approximate surface area is 134 Å². The molecular weight excluding hydrogens is 307 g/mol. The lowest BCUT2D eigenvalue weighted by Crippen LogP contribution is -2.34. The van der Waals surface area contributed by atoms with Gasteiger partial charge in [0.2, 0.25) is 0 Å². The molecule has 5 heteroatoms. The van der Waals surface area contributed by atoms with Gasteiger partial charge in [-0.1, -0.05) is 17.7 Å². The third-order valence-electron chi connectivity index (χ3n) is 3.07. The number of aromatic nitrogens is 1. The summed E-state index contributed by atoms with van der Waals surface area (Å²) >= 11 is 7.75. The molecule has 1 aromatic heterocycles. The highest BCUT2D eigenvalue weighted by molar-refractivity contribution is 7.11. The Morgan fingerprint density at radius 1 is 1.33 bits per heavy atom. The number of thiazole rings is 1. The van der Waals surface area contributed by atoms with Crippen LogP contribution in [0.1, 0.15) is 41.9 Å². The smallest absolute Gasteiger partial charge is 0.124 e. The summed E-state index contributed by atoms with van der Waals surface area (Å²) in [5, 5.41) is 4.93. The van der Waals surface area contributed by atoms with E-state index in [1.807, 2.05) is 6.92 Å². The van der Waals surface area contributed by atoms with Gasteiger partial charge in [0.15, 0.2) is 0 Å². The summed E-state index contributed by atoms with van der Waals surface area (Å²) in [7, 11) is 0. The fraction of sp³-hybridized carbons (Fsp3) is 0.438. The second kappa shape index (κ2) is 6.42. The van der Waals surface area contributed by atoms with Gasteiger partial charge in [-0.05, 0) is 45.4 Å². The van der Waals surface area contributed by atoms with Gasteiger partial charge in [-0.25, -0.2) is 9.37 Å². The van der Waals surface area contributed by atoms with Crippen molar-refractivity contribution in [1.82, 2.24) is 10.3 Å². The average Bonchev–Trinajstić information content (AvgIpc) is 2.70. The Balaban J connectivity index is 2.11. The van der Waals surface area contributed by atoms with Gasteiger partial charge in [-0.3, -0.25) is 0 Å². The Kier molecular flexibility index (Phi) is 5.02. The molecule has 2 rings (SSSR count). The second-order valence-electron chi connectivity index (χ2n) is 6.13. The van der Waals surface area contributed by atoms with Crippen molar-refractivity contribution in [3.8, 4) is 0 Å². The Bertz CT molecular complexity index is 632. The maximum Gasteiger partial charge on any atom is 0.124 e. The van der Waals surface area contributed by atoms with E-state index in [0.717, 1.165) is 22.8 Å². The summed E-state index contributed by atoms with van der Waals surface area (Å²) in [6.07, 6.45) is 0.639. The van der Waals surface area contributed by atoms with E-state index in [2.05, 4.69) is 31.1 Å². The lowest BCUT2D eigenvalue weighted by Gasteiger charge is -2.19. The third kappa shape index (κ3) is 4.77. The fourth-order valence-corrected chi connectivity index (χ4v) is 3.17. The molecule has 0 atom stereocenters. The van der Waals surface area contributed by atoms with Gasteiger partial charge in [0.1, 0.15) is 5.82 Å². The van der Waals surface area contributed by atoms with Gasteiger partial charge in [0.05, 0.1) is 10.7 Å². The number of nitrogens with one attached hydrogen (secondary N) is 1. The fourth-order valence-electron chi connectivity index (χ4n) is 1.90. The zero-order chi connectivity index (χ0) is 15.6. The van der Waals surface area contributed by atoms with Crippen molar-refractivity contribution in [1.29, 1.82) is 0 Å². The molecule has 1 heterocycles. The predicted molar refractivity (Wildman–Crippen MR) is 87.7 cm³/mol. The summed E-state index contributed by atoms with van der Waals surface area (Å²) in [6, 6.07) is 4.50. The van der Waals surface area contributed by atoms with E-state index in [-0.39, 0.29) is 11.4 Å². The molecule has 0 saturated heterocycles. The van der Waals surface area contributed by atoms with Crippen LogP contribution < -0.4 is 5.32 Å². The molecule has 0 unspecified atom stereocenters. The minimum atomic E-state index is -0.311. The summed E-state index contributed by atoms with van der Waals surface area (Å²) in [5.41, 5.74) is 2.03. The van der Waals surface area contributed by atoms with Gasteiger partial charge in [-0.2, -0.15) is 0 Å². The molecule has 0 aliphatic rings. The van der Waals surface area contributed by atoms with Gasteiger partial charge in [0.25, 0.3) is 0 Å². The van der Waals surface area contributed by atoms with E-state index in [0.29, 0.717) is 11.4 Å². The molecule has 114 valence electrons. The largest absolute Gasteiger partial charge is 0.307 e. The number of aryl methyl sites for hydroxylation is 1. The SMILES string of the molecule is Cc1nc(Cc2ccc(F)cc2Cl)sc1CNC(C)(C)C. The first-order valence-electron chi connectivity index (χ1n) is 6.89. The maximum absolute atomic E-state index is 13.1. The lowest BCUT2D eigenvalue weighted by molar-refractivity contribution is 0.425. The van der Waals surface area contributed by atoms with Gasteiger partial charge in [0, 0.05) is 28.4 Å². The first-order chi connectivity index (χ1) is 9.74. The molecule has 21 heavy (non-hydrogen) atoms. The highest BCUT2D eigenvalue weighted by Crippen LogP contribution is 2.25. The summed E-state index contributed by atoms with van der Waals surface area (Å²) in [5.74, 6) is -0.311. The molecule has 0 radical (unpaired) electrons. The van der Waals surface area contributed by atoms with Gasteiger partial charge in [-0.15, -0.1) is 11.3 Å². The van der Waals surface area contributed by atoms with Crippen molar-refractivity contribution in [3.63, 3.8) is 0 Å². The third-order valence-corrected chi connectivity index (χ3v) is 4.58.